The third kappa shape index (κ3) is 2.97. The molecular formula is C15H19F4N. The lowest BCUT2D eigenvalue weighted by atomic mass is 9.87. The molecule has 5 heteroatoms. The lowest BCUT2D eigenvalue weighted by Crippen LogP contribution is -2.36. The minimum absolute atomic E-state index is 0.180. The number of nitrogens with one attached hydrogen (secondary N) is 1. The van der Waals surface area contributed by atoms with Crippen LogP contribution in [0.25, 0.3) is 5.70 Å². The Hall–Kier alpha value is -1.52. The molecule has 0 bridgehead atoms. The Bertz CT molecular complexity index is 515. The molecule has 0 aliphatic rings. The molecule has 0 spiro atoms. The second-order valence-electron chi connectivity index (χ2n) is 5.97. The fraction of sp³-hybridized carbons (Fsp3) is 0.467. The van der Waals surface area contributed by atoms with Crippen molar-refractivity contribution >= 4 is 5.70 Å². The molecule has 0 saturated heterocycles. The van der Waals surface area contributed by atoms with E-state index in [1.54, 1.807) is 6.92 Å². The molecule has 0 saturated carbocycles. The van der Waals surface area contributed by atoms with Crippen LogP contribution in [0, 0.1) is 35.6 Å². The van der Waals surface area contributed by atoms with Crippen LogP contribution in [0.5, 0.6) is 0 Å². The summed E-state index contributed by atoms with van der Waals surface area (Å²) in [5.74, 6) is -5.66. The molecule has 1 unspecified atom stereocenters. The second-order valence-corrected chi connectivity index (χ2v) is 5.97. The Morgan fingerprint density at radius 3 is 1.75 bits per heavy atom. The van der Waals surface area contributed by atoms with E-state index in [9.17, 15) is 17.6 Å². The van der Waals surface area contributed by atoms with E-state index in [1.807, 2.05) is 20.8 Å². The van der Waals surface area contributed by atoms with Crippen LogP contribution in [0.4, 0.5) is 17.6 Å². The third-order valence-electron chi connectivity index (χ3n) is 3.47. The monoisotopic (exact) mass is 289 g/mol. The molecule has 0 fully saturated rings. The van der Waals surface area contributed by atoms with Crippen LogP contribution in [0.3, 0.4) is 0 Å². The maximum absolute atomic E-state index is 13.8. The van der Waals surface area contributed by atoms with Gasteiger partial charge in [-0.05, 0) is 19.3 Å². The molecule has 0 aromatic heterocycles. The molecule has 0 heterocycles. The Morgan fingerprint density at radius 1 is 1.00 bits per heavy atom. The molecule has 1 nitrogen and oxygen atoms in total. The summed E-state index contributed by atoms with van der Waals surface area (Å²) in [7, 11) is 0. The number of hydrogen-bond acceptors (Lipinski definition) is 1. The molecule has 0 aliphatic heterocycles. The highest BCUT2D eigenvalue weighted by Crippen LogP contribution is 2.28. The van der Waals surface area contributed by atoms with Gasteiger partial charge in [0.25, 0.3) is 0 Å². The summed E-state index contributed by atoms with van der Waals surface area (Å²) >= 11 is 0. The zero-order valence-electron chi connectivity index (χ0n) is 12.3. The average molecular weight is 289 g/mol. The van der Waals surface area contributed by atoms with Gasteiger partial charge in [-0.3, -0.25) is 0 Å². The zero-order chi connectivity index (χ0) is 15.8. The van der Waals surface area contributed by atoms with E-state index in [-0.39, 0.29) is 17.2 Å². The van der Waals surface area contributed by atoms with Crippen molar-refractivity contribution in [3.63, 3.8) is 0 Å². The predicted octanol–water partition coefficient (Wildman–Crippen LogP) is 4.55. The van der Waals surface area contributed by atoms with E-state index >= 15 is 0 Å². The summed E-state index contributed by atoms with van der Waals surface area (Å²) in [4.78, 5) is 0. The van der Waals surface area contributed by atoms with Crippen LogP contribution in [-0.4, -0.2) is 6.04 Å². The number of rotatable bonds is 3. The highest BCUT2D eigenvalue weighted by molar-refractivity contribution is 5.64. The van der Waals surface area contributed by atoms with Crippen molar-refractivity contribution in [1.82, 2.24) is 5.32 Å². The highest BCUT2D eigenvalue weighted by Gasteiger charge is 2.27. The molecule has 0 radical (unpaired) electrons. The van der Waals surface area contributed by atoms with Gasteiger partial charge < -0.3 is 5.32 Å². The summed E-state index contributed by atoms with van der Waals surface area (Å²) in [6.07, 6.45) is 0. The van der Waals surface area contributed by atoms with Gasteiger partial charge in [0.15, 0.2) is 23.3 Å². The normalized spacial score (nSPS) is 13.2. The fourth-order valence-electron chi connectivity index (χ4n) is 1.56. The SMILES string of the molecule is C=C(NC(C)C(C)(C)C)c1c(F)c(F)c(C)c(F)c1F. The first-order valence-electron chi connectivity index (χ1n) is 6.26. The zero-order valence-corrected chi connectivity index (χ0v) is 12.3. The second kappa shape index (κ2) is 5.46. The van der Waals surface area contributed by atoms with Crippen molar-refractivity contribution in [3.05, 3.63) is 41.0 Å². The lowest BCUT2D eigenvalue weighted by molar-refractivity contribution is 0.312. The van der Waals surface area contributed by atoms with Gasteiger partial charge in [-0.25, -0.2) is 17.6 Å². The van der Waals surface area contributed by atoms with Crippen molar-refractivity contribution in [2.24, 2.45) is 5.41 Å². The average Bonchev–Trinajstić information content (AvgIpc) is 2.33. The fourth-order valence-corrected chi connectivity index (χ4v) is 1.56. The molecule has 1 atom stereocenters. The van der Waals surface area contributed by atoms with E-state index in [0.29, 0.717) is 0 Å². The predicted molar refractivity (Wildman–Crippen MR) is 72.1 cm³/mol. The summed E-state index contributed by atoms with van der Waals surface area (Å²) in [5, 5.41) is 2.78. The quantitative estimate of drug-likeness (QED) is 0.636. The van der Waals surface area contributed by atoms with E-state index in [0.717, 1.165) is 6.92 Å². The molecule has 0 amide bonds. The van der Waals surface area contributed by atoms with Gasteiger partial charge in [0.1, 0.15) is 0 Å². The van der Waals surface area contributed by atoms with Crippen molar-refractivity contribution in [2.75, 3.05) is 0 Å². The first-order valence-corrected chi connectivity index (χ1v) is 6.26. The lowest BCUT2D eigenvalue weighted by Gasteiger charge is -2.30. The molecule has 20 heavy (non-hydrogen) atoms. The number of halogens is 4. The van der Waals surface area contributed by atoms with Gasteiger partial charge in [-0.15, -0.1) is 0 Å². The Morgan fingerprint density at radius 2 is 1.40 bits per heavy atom. The highest BCUT2D eigenvalue weighted by atomic mass is 19.2. The van der Waals surface area contributed by atoms with E-state index in [4.69, 9.17) is 0 Å². The smallest absolute Gasteiger partial charge is 0.171 e. The van der Waals surface area contributed by atoms with E-state index in [1.165, 1.54) is 0 Å². The van der Waals surface area contributed by atoms with Crippen LogP contribution >= 0.6 is 0 Å². The summed E-state index contributed by atoms with van der Waals surface area (Å²) in [6, 6.07) is -0.193. The Kier molecular flexibility index (Phi) is 4.52. The largest absolute Gasteiger partial charge is 0.382 e. The Labute approximate surface area is 116 Å². The van der Waals surface area contributed by atoms with Crippen LogP contribution in [0.2, 0.25) is 0 Å². The van der Waals surface area contributed by atoms with Crippen molar-refractivity contribution in [1.29, 1.82) is 0 Å². The third-order valence-corrected chi connectivity index (χ3v) is 3.47. The van der Waals surface area contributed by atoms with Gasteiger partial charge in [-0.2, -0.15) is 0 Å². The summed E-state index contributed by atoms with van der Waals surface area (Å²) in [6.45, 7) is 12.0. The summed E-state index contributed by atoms with van der Waals surface area (Å²) in [5.41, 5.74) is -1.86. The van der Waals surface area contributed by atoms with Crippen molar-refractivity contribution in [3.8, 4) is 0 Å². The van der Waals surface area contributed by atoms with Gasteiger partial charge in [-0.1, -0.05) is 27.4 Å². The van der Waals surface area contributed by atoms with Crippen molar-refractivity contribution < 1.29 is 17.6 Å². The number of benzene rings is 1. The van der Waals surface area contributed by atoms with Crippen LogP contribution in [0.15, 0.2) is 6.58 Å². The van der Waals surface area contributed by atoms with Crippen LogP contribution < -0.4 is 5.32 Å². The van der Waals surface area contributed by atoms with Gasteiger partial charge in [0.2, 0.25) is 0 Å². The first-order chi connectivity index (χ1) is 8.98. The van der Waals surface area contributed by atoms with Crippen LogP contribution in [0.1, 0.15) is 38.8 Å². The number of hydrogen-bond donors (Lipinski definition) is 1. The van der Waals surface area contributed by atoms with Gasteiger partial charge >= 0.3 is 0 Å². The molecule has 1 rings (SSSR count). The minimum atomic E-state index is -1.43. The molecule has 112 valence electrons. The molecule has 1 aromatic carbocycles. The maximum atomic E-state index is 13.8. The molecule has 1 aromatic rings. The standard InChI is InChI=1S/C15H19F4N/c1-7-11(16)13(18)10(14(19)12(7)17)8(2)20-9(3)15(4,5)6/h9,20H,2H2,1,3-6H3. The maximum Gasteiger partial charge on any atom is 0.171 e. The van der Waals surface area contributed by atoms with Gasteiger partial charge in [0.05, 0.1) is 5.56 Å². The Balaban J connectivity index is 3.25. The first kappa shape index (κ1) is 16.5. The summed E-state index contributed by atoms with van der Waals surface area (Å²) < 4.78 is 54.7. The molecule has 1 N–H and O–H groups in total. The van der Waals surface area contributed by atoms with Crippen molar-refractivity contribution in [2.45, 2.75) is 40.7 Å². The van der Waals surface area contributed by atoms with E-state index < -0.39 is 34.4 Å². The van der Waals surface area contributed by atoms with Gasteiger partial charge in [0, 0.05) is 17.3 Å². The molecular weight excluding hydrogens is 270 g/mol. The molecule has 0 aliphatic carbocycles. The van der Waals surface area contributed by atoms with E-state index in [2.05, 4.69) is 11.9 Å². The topological polar surface area (TPSA) is 12.0 Å². The van der Waals surface area contributed by atoms with Crippen LogP contribution in [-0.2, 0) is 0 Å². The minimum Gasteiger partial charge on any atom is -0.382 e.